The van der Waals surface area contributed by atoms with Crippen molar-refractivity contribution >= 4 is 28.3 Å². The van der Waals surface area contributed by atoms with Crippen LogP contribution in [0.5, 0.6) is 0 Å². The van der Waals surface area contributed by atoms with Gasteiger partial charge in [-0.2, -0.15) is 5.10 Å². The molecule has 35 heavy (non-hydrogen) atoms. The summed E-state index contributed by atoms with van der Waals surface area (Å²) in [6, 6.07) is 12.0. The second-order valence-corrected chi connectivity index (χ2v) is 8.89. The van der Waals surface area contributed by atoms with Crippen molar-refractivity contribution in [3.05, 3.63) is 86.6 Å². The van der Waals surface area contributed by atoms with E-state index < -0.39 is 10.5 Å². The van der Waals surface area contributed by atoms with Gasteiger partial charge in [0.15, 0.2) is 5.65 Å². The molecule has 0 saturated carbocycles. The Morgan fingerprint density at radius 3 is 2.34 bits per heavy atom. The quantitative estimate of drug-likeness (QED) is 0.313. The first-order chi connectivity index (χ1) is 16.7. The molecule has 0 saturated heterocycles. The summed E-state index contributed by atoms with van der Waals surface area (Å²) in [5.74, 6) is 0.0598. The van der Waals surface area contributed by atoms with Gasteiger partial charge in [-0.05, 0) is 29.0 Å². The molecule has 1 amide bonds. The fourth-order valence-electron chi connectivity index (χ4n) is 4.06. The van der Waals surface area contributed by atoms with Crippen molar-refractivity contribution in [1.29, 1.82) is 0 Å². The highest BCUT2D eigenvalue weighted by atomic mass is 16.6. The molecule has 4 rings (SSSR count). The zero-order chi connectivity index (χ0) is 25.3. The SMILES string of the molecule is CC(C)c1cccc(C(C)C)c1NC(=O)Cn1cnc2c(cnn2-c2ccccc2[N+](=O)[O-])c1=O. The Labute approximate surface area is 201 Å². The Hall–Kier alpha value is -4.34. The normalized spacial score (nSPS) is 11.4. The number of nitrogens with zero attached hydrogens (tertiary/aromatic N) is 5. The minimum Gasteiger partial charge on any atom is -0.324 e. The number of nitro benzene ring substituents is 1. The maximum Gasteiger partial charge on any atom is 0.294 e. The summed E-state index contributed by atoms with van der Waals surface area (Å²) in [5.41, 5.74) is 2.57. The Morgan fingerprint density at radius 1 is 1.06 bits per heavy atom. The van der Waals surface area contributed by atoms with Crippen LogP contribution in [0.2, 0.25) is 0 Å². The van der Waals surface area contributed by atoms with Crippen molar-refractivity contribution in [2.75, 3.05) is 5.32 Å². The van der Waals surface area contributed by atoms with Crippen molar-refractivity contribution in [3.63, 3.8) is 0 Å². The van der Waals surface area contributed by atoms with E-state index in [0.717, 1.165) is 16.8 Å². The van der Waals surface area contributed by atoms with Crippen molar-refractivity contribution < 1.29 is 9.72 Å². The Morgan fingerprint density at radius 2 is 1.71 bits per heavy atom. The molecular formula is C25H26N6O4. The Kier molecular flexibility index (Phi) is 6.46. The highest BCUT2D eigenvalue weighted by Crippen LogP contribution is 2.32. The lowest BCUT2D eigenvalue weighted by molar-refractivity contribution is -0.384. The average molecular weight is 475 g/mol. The number of amides is 1. The summed E-state index contributed by atoms with van der Waals surface area (Å²) in [7, 11) is 0. The molecule has 1 N–H and O–H groups in total. The highest BCUT2D eigenvalue weighted by molar-refractivity contribution is 5.92. The van der Waals surface area contributed by atoms with Gasteiger partial charge in [0.05, 0.1) is 11.1 Å². The summed E-state index contributed by atoms with van der Waals surface area (Å²) in [5, 5.41) is 18.7. The fourth-order valence-corrected chi connectivity index (χ4v) is 4.06. The van der Waals surface area contributed by atoms with Gasteiger partial charge in [-0.3, -0.25) is 24.3 Å². The third-order valence-electron chi connectivity index (χ3n) is 5.81. The molecule has 2 aromatic carbocycles. The molecule has 10 heteroatoms. The molecular weight excluding hydrogens is 448 g/mol. The third-order valence-corrected chi connectivity index (χ3v) is 5.81. The van der Waals surface area contributed by atoms with Crippen LogP contribution in [0.25, 0.3) is 16.7 Å². The van der Waals surface area contributed by atoms with E-state index in [1.807, 2.05) is 18.2 Å². The van der Waals surface area contributed by atoms with Crippen LogP contribution in [0.4, 0.5) is 11.4 Å². The van der Waals surface area contributed by atoms with Gasteiger partial charge in [0, 0.05) is 11.8 Å². The van der Waals surface area contributed by atoms with Crippen LogP contribution in [-0.2, 0) is 11.3 Å². The van der Waals surface area contributed by atoms with Crippen LogP contribution in [0.3, 0.4) is 0 Å². The molecule has 0 aliphatic carbocycles. The maximum atomic E-state index is 13.1. The van der Waals surface area contributed by atoms with E-state index >= 15 is 0 Å². The van der Waals surface area contributed by atoms with Gasteiger partial charge in [-0.15, -0.1) is 0 Å². The zero-order valence-electron chi connectivity index (χ0n) is 19.9. The number of anilines is 1. The topological polar surface area (TPSA) is 125 Å². The average Bonchev–Trinajstić information content (AvgIpc) is 3.25. The van der Waals surface area contributed by atoms with E-state index in [1.165, 1.54) is 33.9 Å². The molecule has 180 valence electrons. The lowest BCUT2D eigenvalue weighted by Gasteiger charge is -2.20. The first-order valence-electron chi connectivity index (χ1n) is 11.3. The third kappa shape index (κ3) is 4.54. The van der Waals surface area contributed by atoms with E-state index in [4.69, 9.17) is 0 Å². The van der Waals surface area contributed by atoms with Gasteiger partial charge in [0.25, 0.3) is 11.2 Å². The zero-order valence-corrected chi connectivity index (χ0v) is 19.9. The smallest absolute Gasteiger partial charge is 0.294 e. The maximum absolute atomic E-state index is 13.1. The second-order valence-electron chi connectivity index (χ2n) is 8.89. The molecule has 0 aliphatic rings. The van der Waals surface area contributed by atoms with Crippen molar-refractivity contribution in [2.24, 2.45) is 0 Å². The highest BCUT2D eigenvalue weighted by Gasteiger charge is 2.20. The number of rotatable bonds is 7. The number of hydrogen-bond donors (Lipinski definition) is 1. The summed E-state index contributed by atoms with van der Waals surface area (Å²) < 4.78 is 2.46. The number of para-hydroxylation sites is 3. The largest absolute Gasteiger partial charge is 0.324 e. The molecule has 4 aromatic rings. The second kappa shape index (κ2) is 9.49. The molecule has 0 radical (unpaired) electrons. The number of fused-ring (bicyclic) bond motifs is 1. The van der Waals surface area contributed by atoms with Gasteiger partial charge in [-0.25, -0.2) is 9.67 Å². The standard InChI is InChI=1S/C25H26N6O4/c1-15(2)17-8-7-9-18(16(3)4)23(17)28-22(32)13-29-14-26-24-19(25(29)33)12-27-30(24)20-10-5-6-11-21(20)31(34)35/h5-12,14-16H,13H2,1-4H3,(H,28,32). The summed E-state index contributed by atoms with van der Waals surface area (Å²) in [4.78, 5) is 41.2. The molecule has 0 spiro atoms. The summed E-state index contributed by atoms with van der Waals surface area (Å²) in [6.07, 6.45) is 2.57. The van der Waals surface area contributed by atoms with Crippen LogP contribution in [0.1, 0.15) is 50.7 Å². The van der Waals surface area contributed by atoms with Gasteiger partial charge in [0.1, 0.15) is 23.9 Å². The number of nitro groups is 1. The van der Waals surface area contributed by atoms with Crippen molar-refractivity contribution in [3.8, 4) is 5.69 Å². The lowest BCUT2D eigenvalue weighted by Crippen LogP contribution is -2.28. The Balaban J connectivity index is 1.67. The molecule has 2 heterocycles. The first-order valence-corrected chi connectivity index (χ1v) is 11.3. The van der Waals surface area contributed by atoms with Gasteiger partial charge in [0.2, 0.25) is 5.91 Å². The minimum absolute atomic E-state index is 0.156. The van der Waals surface area contributed by atoms with Crippen LogP contribution in [0.15, 0.2) is 59.8 Å². The van der Waals surface area contributed by atoms with Crippen LogP contribution in [0, 0.1) is 10.1 Å². The van der Waals surface area contributed by atoms with E-state index in [2.05, 4.69) is 43.1 Å². The van der Waals surface area contributed by atoms with E-state index in [9.17, 15) is 19.7 Å². The molecule has 0 atom stereocenters. The number of aromatic nitrogens is 4. The Bertz CT molecular complexity index is 1460. The van der Waals surface area contributed by atoms with E-state index in [-0.39, 0.29) is 46.7 Å². The predicted molar refractivity (Wildman–Crippen MR) is 133 cm³/mol. The van der Waals surface area contributed by atoms with Gasteiger partial charge in [-0.1, -0.05) is 58.0 Å². The summed E-state index contributed by atoms with van der Waals surface area (Å²) >= 11 is 0. The first kappa shape index (κ1) is 23.8. The van der Waals surface area contributed by atoms with Gasteiger partial charge >= 0.3 is 0 Å². The number of nitrogens with one attached hydrogen (secondary N) is 1. The molecule has 0 aliphatic heterocycles. The minimum atomic E-state index is -0.519. The fraction of sp³-hybridized carbons (Fsp3) is 0.280. The van der Waals surface area contributed by atoms with Crippen LogP contribution < -0.4 is 10.9 Å². The number of carbonyl (C=O) groups is 1. The molecule has 10 nitrogen and oxygen atoms in total. The van der Waals surface area contributed by atoms with Crippen LogP contribution >= 0.6 is 0 Å². The molecule has 2 aromatic heterocycles. The van der Waals surface area contributed by atoms with Crippen molar-refractivity contribution in [2.45, 2.75) is 46.1 Å². The number of benzene rings is 2. The van der Waals surface area contributed by atoms with Gasteiger partial charge < -0.3 is 5.32 Å². The molecule has 0 unspecified atom stereocenters. The predicted octanol–water partition coefficient (Wildman–Crippen LogP) is 4.38. The van der Waals surface area contributed by atoms with E-state index in [1.54, 1.807) is 12.1 Å². The molecule has 0 bridgehead atoms. The monoisotopic (exact) mass is 474 g/mol. The van der Waals surface area contributed by atoms with Crippen LogP contribution in [-0.4, -0.2) is 30.2 Å². The van der Waals surface area contributed by atoms with E-state index in [0.29, 0.717) is 0 Å². The molecule has 0 fully saturated rings. The summed E-state index contributed by atoms with van der Waals surface area (Å²) in [6.45, 7) is 8.01. The lowest BCUT2D eigenvalue weighted by atomic mass is 9.92. The number of hydrogen-bond acceptors (Lipinski definition) is 6. The number of carbonyl (C=O) groups excluding carboxylic acids is 1. The van der Waals surface area contributed by atoms with Crippen molar-refractivity contribution in [1.82, 2.24) is 19.3 Å².